The molecule has 31 heavy (non-hydrogen) atoms. The van der Waals surface area contributed by atoms with Gasteiger partial charge < -0.3 is 10.2 Å². The first kappa shape index (κ1) is 21.3. The summed E-state index contributed by atoms with van der Waals surface area (Å²) in [4.78, 5) is 39.4. The van der Waals surface area contributed by atoms with Crippen LogP contribution < -0.4 is 4.90 Å². The van der Waals surface area contributed by atoms with Crippen LogP contribution in [-0.2, 0) is 9.59 Å². The summed E-state index contributed by atoms with van der Waals surface area (Å²) in [6.07, 6.45) is 0. The Labute approximate surface area is 194 Å². The third kappa shape index (κ3) is 3.78. The van der Waals surface area contributed by atoms with Gasteiger partial charge >= 0.3 is 5.97 Å². The minimum absolute atomic E-state index is 0.00698. The molecule has 1 atom stereocenters. The number of aromatic carboxylic acids is 1. The van der Waals surface area contributed by atoms with Crippen molar-refractivity contribution in [3.63, 3.8) is 0 Å². The first-order valence-electron chi connectivity index (χ1n) is 8.92. The van der Waals surface area contributed by atoms with Gasteiger partial charge in [-0.05, 0) is 40.2 Å². The van der Waals surface area contributed by atoms with Crippen molar-refractivity contribution < 1.29 is 24.6 Å². The maximum absolute atomic E-state index is 13.1. The molecule has 2 aromatic carbocycles. The van der Waals surface area contributed by atoms with E-state index in [0.717, 1.165) is 4.47 Å². The monoisotopic (exact) mass is 517 g/mol. The van der Waals surface area contributed by atoms with Crippen molar-refractivity contribution >= 4 is 68.0 Å². The van der Waals surface area contributed by atoms with Gasteiger partial charge in [0.2, 0.25) is 0 Å². The molecule has 0 radical (unpaired) electrons. The van der Waals surface area contributed by atoms with Crippen LogP contribution in [0.3, 0.4) is 0 Å². The van der Waals surface area contributed by atoms with Crippen LogP contribution in [0.4, 0.5) is 5.69 Å². The number of rotatable bonds is 4. The van der Waals surface area contributed by atoms with Gasteiger partial charge in [-0.2, -0.15) is 0 Å². The molecule has 4 rings (SSSR count). The number of amides is 1. The molecule has 0 spiro atoms. The van der Waals surface area contributed by atoms with Crippen LogP contribution in [0, 0.1) is 0 Å². The van der Waals surface area contributed by atoms with Crippen LogP contribution in [0.2, 0.25) is 5.02 Å². The number of nitrogens with zero attached hydrogens (tertiary/aromatic N) is 1. The third-order valence-electron chi connectivity index (χ3n) is 4.81. The zero-order valence-electron chi connectivity index (χ0n) is 15.6. The van der Waals surface area contributed by atoms with Crippen molar-refractivity contribution in [2.75, 3.05) is 4.90 Å². The smallest absolute Gasteiger partial charge is 0.337 e. The lowest BCUT2D eigenvalue weighted by molar-refractivity contribution is -0.132. The van der Waals surface area contributed by atoms with Gasteiger partial charge in [-0.25, -0.2) is 4.79 Å². The second-order valence-electron chi connectivity index (χ2n) is 6.67. The Bertz CT molecular complexity index is 1250. The van der Waals surface area contributed by atoms with Gasteiger partial charge in [0.25, 0.3) is 11.7 Å². The lowest BCUT2D eigenvalue weighted by atomic mass is 9.99. The van der Waals surface area contributed by atoms with E-state index in [0.29, 0.717) is 10.4 Å². The average molecular weight is 519 g/mol. The predicted octanol–water partition coefficient (Wildman–Crippen LogP) is 5.49. The normalized spacial score (nSPS) is 17.9. The van der Waals surface area contributed by atoms with Crippen LogP contribution in [0.1, 0.15) is 26.8 Å². The topological polar surface area (TPSA) is 94.9 Å². The molecule has 9 heteroatoms. The van der Waals surface area contributed by atoms with Crippen molar-refractivity contribution in [1.82, 2.24) is 0 Å². The lowest BCUT2D eigenvalue weighted by Crippen LogP contribution is -2.29. The zero-order chi connectivity index (χ0) is 22.3. The number of hydrogen-bond acceptors (Lipinski definition) is 5. The fourth-order valence-corrected chi connectivity index (χ4v) is 5.16. The number of aliphatic hydroxyl groups is 1. The number of carboxylic acid groups (broad SMARTS) is 1. The lowest BCUT2D eigenvalue weighted by Gasteiger charge is -2.24. The average Bonchev–Trinajstić information content (AvgIpc) is 3.29. The van der Waals surface area contributed by atoms with E-state index in [4.69, 9.17) is 11.6 Å². The van der Waals surface area contributed by atoms with Crippen LogP contribution >= 0.6 is 38.9 Å². The molecule has 2 N–H and O–H groups in total. The molecule has 2 heterocycles. The highest BCUT2D eigenvalue weighted by atomic mass is 79.9. The molecular formula is C22H13BrClNO5S. The van der Waals surface area contributed by atoms with Crippen LogP contribution in [0.5, 0.6) is 0 Å². The number of hydrogen-bond donors (Lipinski definition) is 2. The summed E-state index contributed by atoms with van der Waals surface area (Å²) in [6.45, 7) is 0. The number of aliphatic hydroxyl groups excluding tert-OH is 1. The highest BCUT2D eigenvalue weighted by molar-refractivity contribution is 9.10. The maximum Gasteiger partial charge on any atom is 0.337 e. The van der Waals surface area contributed by atoms with E-state index in [1.165, 1.54) is 34.4 Å². The van der Waals surface area contributed by atoms with Gasteiger partial charge in [0.1, 0.15) is 11.8 Å². The number of thiophene rings is 1. The fourth-order valence-electron chi connectivity index (χ4n) is 3.42. The summed E-state index contributed by atoms with van der Waals surface area (Å²) in [6, 6.07) is 13.3. The van der Waals surface area contributed by atoms with Gasteiger partial charge in [0.05, 0.1) is 16.2 Å². The molecule has 0 aliphatic carbocycles. The van der Waals surface area contributed by atoms with Crippen molar-refractivity contribution in [2.24, 2.45) is 0 Å². The van der Waals surface area contributed by atoms with E-state index in [1.807, 2.05) is 0 Å². The number of ketones is 1. The Morgan fingerprint density at radius 3 is 2.39 bits per heavy atom. The molecule has 1 amide bonds. The van der Waals surface area contributed by atoms with Gasteiger partial charge in [-0.15, -0.1) is 11.3 Å². The van der Waals surface area contributed by atoms with E-state index in [2.05, 4.69) is 15.9 Å². The molecule has 0 bridgehead atoms. The highest BCUT2D eigenvalue weighted by Gasteiger charge is 2.47. The molecule has 1 aliphatic rings. The highest BCUT2D eigenvalue weighted by Crippen LogP contribution is 2.45. The SMILES string of the molecule is O=C1C(=O)N(c2ccc(Cl)c(C(=O)O)c2)C(c2cc(Br)cs2)C1=C(O)c1ccccc1. The van der Waals surface area contributed by atoms with Crippen LogP contribution in [0.15, 0.2) is 70.0 Å². The molecule has 1 aromatic heterocycles. The predicted molar refractivity (Wildman–Crippen MR) is 122 cm³/mol. The van der Waals surface area contributed by atoms with Crippen LogP contribution in [-0.4, -0.2) is 27.9 Å². The second kappa shape index (κ2) is 8.30. The molecule has 1 aliphatic heterocycles. The molecule has 1 unspecified atom stereocenters. The maximum atomic E-state index is 13.1. The summed E-state index contributed by atoms with van der Waals surface area (Å²) < 4.78 is 0.750. The van der Waals surface area contributed by atoms with E-state index < -0.39 is 23.7 Å². The minimum atomic E-state index is -1.26. The number of benzene rings is 2. The van der Waals surface area contributed by atoms with E-state index in [9.17, 15) is 24.6 Å². The third-order valence-corrected chi connectivity index (χ3v) is 6.88. The molecule has 3 aromatic rings. The van der Waals surface area contributed by atoms with Gasteiger partial charge in [0.15, 0.2) is 0 Å². The number of Topliss-reactive ketones (excluding diaryl/α,β-unsaturated/α-hetero) is 1. The van der Waals surface area contributed by atoms with Crippen molar-refractivity contribution in [2.45, 2.75) is 6.04 Å². The first-order chi connectivity index (χ1) is 14.8. The molecule has 1 fully saturated rings. The Morgan fingerprint density at radius 2 is 1.77 bits per heavy atom. The van der Waals surface area contributed by atoms with Crippen molar-refractivity contribution in [3.05, 3.63) is 91.0 Å². The fraction of sp³-hybridized carbons (Fsp3) is 0.0455. The molecular weight excluding hydrogens is 506 g/mol. The summed E-state index contributed by atoms with van der Waals surface area (Å²) in [7, 11) is 0. The summed E-state index contributed by atoms with van der Waals surface area (Å²) in [5, 5.41) is 22.2. The molecule has 156 valence electrons. The van der Waals surface area contributed by atoms with E-state index >= 15 is 0 Å². The first-order valence-corrected chi connectivity index (χ1v) is 11.0. The molecule has 6 nitrogen and oxygen atoms in total. The summed E-state index contributed by atoms with van der Waals surface area (Å²) >= 11 is 10.6. The van der Waals surface area contributed by atoms with Gasteiger partial charge in [-0.1, -0.05) is 41.9 Å². The number of halogens is 2. The second-order valence-corrected chi connectivity index (χ2v) is 8.94. The van der Waals surface area contributed by atoms with E-state index in [1.54, 1.807) is 41.8 Å². The standard InChI is InChI=1S/C22H13BrClNO5S/c23-12-8-16(31-10-12)18-17(19(26)11-4-2-1-3-5-11)20(27)21(28)25(18)13-6-7-15(24)14(9-13)22(29)30/h1-10,18,26H,(H,29,30). The Kier molecular flexibility index (Phi) is 5.70. The largest absolute Gasteiger partial charge is 0.507 e. The zero-order valence-corrected chi connectivity index (χ0v) is 18.7. The Morgan fingerprint density at radius 1 is 1.06 bits per heavy atom. The molecule has 1 saturated heterocycles. The van der Waals surface area contributed by atoms with Crippen LogP contribution in [0.25, 0.3) is 5.76 Å². The van der Waals surface area contributed by atoms with Crippen molar-refractivity contribution in [1.29, 1.82) is 0 Å². The van der Waals surface area contributed by atoms with Crippen molar-refractivity contribution in [3.8, 4) is 0 Å². The Balaban J connectivity index is 1.95. The Hall–Kier alpha value is -2.94. The number of carboxylic acids is 1. The molecule has 0 saturated carbocycles. The van der Waals surface area contributed by atoms with Gasteiger partial charge in [-0.3, -0.25) is 14.5 Å². The minimum Gasteiger partial charge on any atom is -0.507 e. The summed E-state index contributed by atoms with van der Waals surface area (Å²) in [5.74, 6) is -3.29. The number of anilines is 1. The van der Waals surface area contributed by atoms with Gasteiger partial charge in [0, 0.05) is 26.0 Å². The van der Waals surface area contributed by atoms with E-state index in [-0.39, 0.29) is 27.6 Å². The quantitative estimate of drug-likeness (QED) is 0.271. The number of carbonyl (C=O) groups is 3. The summed E-state index contributed by atoms with van der Waals surface area (Å²) in [5.41, 5.74) is 0.307. The number of carbonyl (C=O) groups excluding carboxylic acids is 2.